The summed E-state index contributed by atoms with van der Waals surface area (Å²) in [5.74, 6) is -2.85. The first-order valence-electron chi connectivity index (χ1n) is 7.25. The third kappa shape index (κ3) is 4.77. The molecule has 0 fully saturated rings. The molecule has 0 saturated heterocycles. The summed E-state index contributed by atoms with van der Waals surface area (Å²) < 4.78 is 30.7. The first kappa shape index (κ1) is 17.4. The van der Waals surface area contributed by atoms with E-state index in [0.717, 1.165) is 12.1 Å². The Balaban J connectivity index is 1.87. The van der Waals surface area contributed by atoms with Crippen molar-refractivity contribution in [2.75, 3.05) is 23.8 Å². The van der Waals surface area contributed by atoms with Gasteiger partial charge in [0.05, 0.1) is 18.7 Å². The van der Waals surface area contributed by atoms with Crippen LogP contribution >= 0.6 is 0 Å². The number of anilines is 2. The Bertz CT molecular complexity index is 733. The van der Waals surface area contributed by atoms with Gasteiger partial charge >= 0.3 is 5.97 Å². The van der Waals surface area contributed by atoms with Crippen molar-refractivity contribution >= 4 is 23.3 Å². The molecule has 0 aliphatic heterocycles. The van der Waals surface area contributed by atoms with Crippen LogP contribution in [0.4, 0.5) is 20.2 Å². The van der Waals surface area contributed by atoms with E-state index in [-0.39, 0.29) is 12.2 Å². The molecule has 0 saturated carbocycles. The second-order valence-electron chi connectivity index (χ2n) is 4.83. The summed E-state index contributed by atoms with van der Waals surface area (Å²) in [6.45, 7) is 1.94. The maximum absolute atomic E-state index is 13.1. The van der Waals surface area contributed by atoms with Crippen molar-refractivity contribution in [3.63, 3.8) is 0 Å². The third-order valence-corrected chi connectivity index (χ3v) is 3.05. The van der Waals surface area contributed by atoms with Gasteiger partial charge in [-0.05, 0) is 43.3 Å². The molecule has 5 nitrogen and oxygen atoms in total. The minimum absolute atomic E-state index is 0.0717. The summed E-state index contributed by atoms with van der Waals surface area (Å²) in [7, 11) is 0. The van der Waals surface area contributed by atoms with Crippen LogP contribution in [0, 0.1) is 11.6 Å². The maximum Gasteiger partial charge on any atom is 0.338 e. The van der Waals surface area contributed by atoms with Gasteiger partial charge < -0.3 is 15.4 Å². The van der Waals surface area contributed by atoms with Crippen molar-refractivity contribution in [3.05, 3.63) is 59.7 Å². The highest BCUT2D eigenvalue weighted by atomic mass is 19.2. The van der Waals surface area contributed by atoms with E-state index in [1.165, 1.54) is 6.07 Å². The number of halogens is 2. The Morgan fingerprint density at radius 1 is 1.00 bits per heavy atom. The van der Waals surface area contributed by atoms with E-state index in [1.807, 2.05) is 0 Å². The average Bonchev–Trinajstić information content (AvgIpc) is 2.57. The topological polar surface area (TPSA) is 67.4 Å². The Morgan fingerprint density at radius 2 is 1.67 bits per heavy atom. The molecule has 2 aromatic carbocycles. The lowest BCUT2D eigenvalue weighted by atomic mass is 10.2. The van der Waals surface area contributed by atoms with Gasteiger partial charge in [0.15, 0.2) is 11.6 Å². The Kier molecular flexibility index (Phi) is 5.83. The van der Waals surface area contributed by atoms with Gasteiger partial charge in [-0.3, -0.25) is 4.79 Å². The highest BCUT2D eigenvalue weighted by Crippen LogP contribution is 2.13. The number of carbonyl (C=O) groups excluding carboxylic acids is 2. The number of hydrogen-bond acceptors (Lipinski definition) is 4. The number of amides is 1. The molecule has 1 amide bonds. The van der Waals surface area contributed by atoms with Crippen LogP contribution in [0.1, 0.15) is 17.3 Å². The monoisotopic (exact) mass is 334 g/mol. The van der Waals surface area contributed by atoms with Crippen LogP contribution in [-0.2, 0) is 9.53 Å². The lowest BCUT2D eigenvalue weighted by Crippen LogP contribution is -2.21. The third-order valence-electron chi connectivity index (χ3n) is 3.05. The van der Waals surface area contributed by atoms with Crippen molar-refractivity contribution in [2.24, 2.45) is 0 Å². The first-order chi connectivity index (χ1) is 11.5. The number of rotatable bonds is 6. The van der Waals surface area contributed by atoms with E-state index in [1.54, 1.807) is 31.2 Å². The molecule has 0 unspecified atom stereocenters. The molecular formula is C17H16F2N2O3. The fourth-order valence-corrected chi connectivity index (χ4v) is 1.90. The van der Waals surface area contributed by atoms with Crippen molar-refractivity contribution in [1.82, 2.24) is 0 Å². The van der Waals surface area contributed by atoms with Gasteiger partial charge in [0.1, 0.15) is 0 Å². The lowest BCUT2D eigenvalue weighted by molar-refractivity contribution is -0.114. The van der Waals surface area contributed by atoms with Crippen molar-refractivity contribution in [1.29, 1.82) is 0 Å². The zero-order valence-corrected chi connectivity index (χ0v) is 12.9. The molecule has 0 heterocycles. The highest BCUT2D eigenvalue weighted by Gasteiger charge is 2.08. The molecule has 0 spiro atoms. The maximum atomic E-state index is 13.1. The quantitative estimate of drug-likeness (QED) is 0.796. The fraction of sp³-hybridized carbons (Fsp3) is 0.176. The van der Waals surface area contributed by atoms with Gasteiger partial charge in [0.25, 0.3) is 0 Å². The predicted octanol–water partition coefficient (Wildman–Crippen LogP) is 3.19. The summed E-state index contributed by atoms with van der Waals surface area (Å²) in [6.07, 6.45) is 0. The van der Waals surface area contributed by atoms with Gasteiger partial charge in [0.2, 0.25) is 5.91 Å². The molecule has 0 aliphatic carbocycles. The summed E-state index contributed by atoms with van der Waals surface area (Å²) in [6, 6.07) is 9.54. The molecule has 7 heteroatoms. The molecule has 2 N–H and O–H groups in total. The molecule has 2 rings (SSSR count). The van der Waals surface area contributed by atoms with E-state index in [4.69, 9.17) is 4.74 Å². The van der Waals surface area contributed by atoms with Crippen LogP contribution in [0.25, 0.3) is 0 Å². The molecule has 126 valence electrons. The van der Waals surface area contributed by atoms with Crippen LogP contribution < -0.4 is 10.6 Å². The zero-order chi connectivity index (χ0) is 17.5. The van der Waals surface area contributed by atoms with Crippen molar-refractivity contribution in [3.8, 4) is 0 Å². The summed E-state index contributed by atoms with van der Waals surface area (Å²) in [4.78, 5) is 23.3. The lowest BCUT2D eigenvalue weighted by Gasteiger charge is -2.09. The SMILES string of the molecule is CCOC(=O)c1ccc(NCC(=O)Nc2ccc(F)c(F)c2)cc1. The molecule has 0 atom stereocenters. The largest absolute Gasteiger partial charge is 0.462 e. The van der Waals surface area contributed by atoms with Gasteiger partial charge in [-0.1, -0.05) is 0 Å². The molecule has 0 bridgehead atoms. The van der Waals surface area contributed by atoms with E-state index in [0.29, 0.717) is 17.9 Å². The molecule has 0 aromatic heterocycles. The highest BCUT2D eigenvalue weighted by molar-refractivity contribution is 5.94. The van der Waals surface area contributed by atoms with E-state index < -0.39 is 23.5 Å². The number of benzene rings is 2. The van der Waals surface area contributed by atoms with Gasteiger partial charge in [-0.2, -0.15) is 0 Å². The Labute approximate surface area is 137 Å². The Hall–Kier alpha value is -2.96. The van der Waals surface area contributed by atoms with Gasteiger partial charge in [-0.25, -0.2) is 13.6 Å². The number of ether oxygens (including phenoxy) is 1. The van der Waals surface area contributed by atoms with Crippen LogP contribution in [-0.4, -0.2) is 25.0 Å². The predicted molar refractivity (Wildman–Crippen MR) is 85.9 cm³/mol. The van der Waals surface area contributed by atoms with Crippen molar-refractivity contribution < 1.29 is 23.1 Å². The fourth-order valence-electron chi connectivity index (χ4n) is 1.90. The minimum atomic E-state index is -1.03. The summed E-state index contributed by atoms with van der Waals surface area (Å²) >= 11 is 0. The van der Waals surface area contributed by atoms with Gasteiger partial charge in [0, 0.05) is 17.4 Å². The number of hydrogen-bond donors (Lipinski definition) is 2. The summed E-state index contributed by atoms with van der Waals surface area (Å²) in [5, 5.41) is 5.30. The zero-order valence-electron chi connectivity index (χ0n) is 12.9. The normalized spacial score (nSPS) is 10.1. The summed E-state index contributed by atoms with van der Waals surface area (Å²) in [5.41, 5.74) is 1.20. The molecule has 0 aliphatic rings. The second kappa shape index (κ2) is 8.05. The van der Waals surface area contributed by atoms with Crippen LogP contribution in [0.5, 0.6) is 0 Å². The average molecular weight is 334 g/mol. The van der Waals surface area contributed by atoms with E-state index in [2.05, 4.69) is 10.6 Å². The standard InChI is InChI=1S/C17H16F2N2O3/c1-2-24-17(23)11-3-5-12(6-4-11)20-10-16(22)21-13-7-8-14(18)15(19)9-13/h3-9,20H,2,10H2,1H3,(H,21,22). The number of carbonyl (C=O) groups is 2. The molecule has 0 radical (unpaired) electrons. The van der Waals surface area contributed by atoms with Crippen molar-refractivity contribution in [2.45, 2.75) is 6.92 Å². The molecule has 24 heavy (non-hydrogen) atoms. The number of nitrogens with one attached hydrogen (secondary N) is 2. The second-order valence-corrected chi connectivity index (χ2v) is 4.83. The minimum Gasteiger partial charge on any atom is -0.462 e. The van der Waals surface area contributed by atoms with Gasteiger partial charge in [-0.15, -0.1) is 0 Å². The first-order valence-corrected chi connectivity index (χ1v) is 7.25. The number of esters is 1. The van der Waals surface area contributed by atoms with Crippen LogP contribution in [0.3, 0.4) is 0 Å². The van der Waals surface area contributed by atoms with E-state index >= 15 is 0 Å². The van der Waals surface area contributed by atoms with Crippen LogP contribution in [0.15, 0.2) is 42.5 Å². The molecule has 2 aromatic rings. The smallest absolute Gasteiger partial charge is 0.338 e. The Morgan fingerprint density at radius 3 is 2.29 bits per heavy atom. The van der Waals surface area contributed by atoms with Crippen LogP contribution in [0.2, 0.25) is 0 Å². The molecular weight excluding hydrogens is 318 g/mol. The van der Waals surface area contributed by atoms with E-state index in [9.17, 15) is 18.4 Å².